The smallest absolute Gasteiger partial charge is 0.122 e. The molecule has 0 amide bonds. The summed E-state index contributed by atoms with van der Waals surface area (Å²) >= 11 is 14.9. The topological polar surface area (TPSA) is 0 Å². The Balaban J connectivity index is 2.85. The number of rotatable bonds is 1. The Morgan fingerprint density at radius 3 is 1.81 bits per heavy atom. The molecule has 0 saturated carbocycles. The Hall–Kier alpha value is 0.00688. The van der Waals surface area contributed by atoms with Gasteiger partial charge in [-0.2, -0.15) is 0 Å². The standard InChI is InChI=1S/C21H21Br4Si/c1-12-16(13(2)21(25)14(3)20(12)24)11-17-18(22)9-15(10-19(17)23)7-8-26(4,5)6/h8-10H,1-6H3/q+1. The van der Waals surface area contributed by atoms with Crippen LogP contribution in [0.1, 0.15) is 20.8 Å². The normalized spacial score (nSPS) is 15.3. The molecular weight excluding hydrogens is 600 g/mol. The van der Waals surface area contributed by atoms with E-state index in [1.165, 1.54) is 17.1 Å². The number of benzene rings is 1. The van der Waals surface area contributed by atoms with Gasteiger partial charge in [0.2, 0.25) is 0 Å². The third-order valence-corrected chi connectivity index (χ3v) is 8.67. The minimum atomic E-state index is -1.28. The van der Waals surface area contributed by atoms with Crippen LogP contribution in [0.25, 0.3) is 11.5 Å². The molecule has 0 heterocycles. The molecule has 0 atom stereocenters. The van der Waals surface area contributed by atoms with E-state index in [0.29, 0.717) is 0 Å². The fraction of sp³-hybridized carbons (Fsp3) is 0.286. The first-order chi connectivity index (χ1) is 11.9. The molecule has 0 unspecified atom stereocenters. The van der Waals surface area contributed by atoms with Gasteiger partial charge in [-0.25, -0.2) is 0 Å². The maximum Gasteiger partial charge on any atom is 0.134 e. The van der Waals surface area contributed by atoms with Crippen LogP contribution in [0.3, 0.4) is 0 Å². The van der Waals surface area contributed by atoms with Crippen LogP contribution in [-0.2, 0) is 0 Å². The minimum Gasteiger partial charge on any atom is -0.122 e. The molecule has 1 aliphatic carbocycles. The summed E-state index contributed by atoms with van der Waals surface area (Å²) in [7, 11) is -1.28. The monoisotopic (exact) mass is 617 g/mol. The van der Waals surface area contributed by atoms with E-state index in [-0.39, 0.29) is 0 Å². The van der Waals surface area contributed by atoms with Crippen molar-refractivity contribution >= 4 is 83.3 Å². The van der Waals surface area contributed by atoms with Crippen molar-refractivity contribution in [2.75, 3.05) is 0 Å². The summed E-state index contributed by atoms with van der Waals surface area (Å²) in [5.41, 5.74) is 12.8. The lowest BCUT2D eigenvalue weighted by molar-refractivity contribution is 1.16. The van der Waals surface area contributed by atoms with Crippen molar-refractivity contribution < 1.29 is 0 Å². The molecular formula is C21H21Br4Si+. The van der Waals surface area contributed by atoms with Crippen molar-refractivity contribution in [2.24, 2.45) is 0 Å². The van der Waals surface area contributed by atoms with Crippen LogP contribution < -0.4 is 10.4 Å². The summed E-state index contributed by atoms with van der Waals surface area (Å²) in [4.78, 5) is 0. The molecule has 0 radical (unpaired) electrons. The summed E-state index contributed by atoms with van der Waals surface area (Å²) in [6.07, 6.45) is 0. The maximum atomic E-state index is 3.72. The molecule has 26 heavy (non-hydrogen) atoms. The first kappa shape index (κ1) is 22.3. The van der Waals surface area contributed by atoms with Gasteiger partial charge in [0.1, 0.15) is 14.5 Å². The Kier molecular flexibility index (Phi) is 7.35. The van der Waals surface area contributed by atoms with Crippen molar-refractivity contribution in [1.82, 2.24) is 0 Å². The van der Waals surface area contributed by atoms with Crippen molar-refractivity contribution in [3.8, 4) is 0 Å². The van der Waals surface area contributed by atoms with Crippen molar-refractivity contribution in [3.05, 3.63) is 68.8 Å². The van der Waals surface area contributed by atoms with Gasteiger partial charge in [0.05, 0.1) is 25.1 Å². The van der Waals surface area contributed by atoms with E-state index in [1.807, 2.05) is 0 Å². The van der Waals surface area contributed by atoms with Gasteiger partial charge in [-0.1, -0.05) is 31.1 Å². The third kappa shape index (κ3) is 5.08. The first-order valence-corrected chi connectivity index (χ1v) is 15.0. The first-order valence-electron chi connectivity index (χ1n) is 8.24. The van der Waals surface area contributed by atoms with Crippen LogP contribution in [0.5, 0.6) is 0 Å². The number of hydrogen-bond acceptors (Lipinski definition) is 0. The van der Waals surface area contributed by atoms with E-state index in [9.17, 15) is 0 Å². The summed E-state index contributed by atoms with van der Waals surface area (Å²) in [6, 6.07) is 4.21. The van der Waals surface area contributed by atoms with E-state index in [1.54, 1.807) is 0 Å². The molecule has 1 aromatic carbocycles. The molecule has 0 aromatic heterocycles. The zero-order valence-corrected chi connectivity index (χ0v) is 23.1. The molecule has 0 aliphatic heterocycles. The molecule has 5 heteroatoms. The number of allylic oxidation sites excluding steroid dienone is 5. The van der Waals surface area contributed by atoms with E-state index in [0.717, 1.165) is 33.9 Å². The lowest BCUT2D eigenvalue weighted by Gasteiger charge is -2.14. The average Bonchev–Trinajstić information content (AvgIpc) is 2.54. The molecule has 1 aliphatic rings. The Morgan fingerprint density at radius 2 is 1.38 bits per heavy atom. The van der Waals surface area contributed by atoms with Gasteiger partial charge in [-0.3, -0.25) is 0 Å². The maximum absolute atomic E-state index is 3.72. The molecule has 0 N–H and O–H groups in total. The SMILES string of the molecule is CC1=C(Br)[C+](C)C(Br)=C(C)C1=C=c1c(Br)cc(=C=C[Si](C)(C)C)cc1Br. The average molecular weight is 621 g/mol. The van der Waals surface area contributed by atoms with Gasteiger partial charge in [-0.15, -0.1) is 5.73 Å². The molecule has 2 rings (SSSR count). The van der Waals surface area contributed by atoms with Gasteiger partial charge >= 0.3 is 0 Å². The quantitative estimate of drug-likeness (QED) is 0.229. The second-order valence-electron chi connectivity index (χ2n) is 7.47. The van der Waals surface area contributed by atoms with E-state index in [4.69, 9.17) is 0 Å². The zero-order chi connectivity index (χ0) is 19.8. The summed E-state index contributed by atoms with van der Waals surface area (Å²) in [5, 5.41) is 2.08. The van der Waals surface area contributed by atoms with Gasteiger partial charge in [0, 0.05) is 40.2 Å². The second kappa shape index (κ2) is 8.57. The van der Waals surface area contributed by atoms with Crippen molar-refractivity contribution in [1.29, 1.82) is 0 Å². The molecule has 136 valence electrons. The van der Waals surface area contributed by atoms with Gasteiger partial charge < -0.3 is 0 Å². The van der Waals surface area contributed by atoms with Crippen LogP contribution in [0.4, 0.5) is 0 Å². The van der Waals surface area contributed by atoms with Crippen LogP contribution in [0.15, 0.2) is 52.5 Å². The van der Waals surface area contributed by atoms with Gasteiger partial charge in [0.25, 0.3) is 0 Å². The van der Waals surface area contributed by atoms with Crippen molar-refractivity contribution in [3.63, 3.8) is 0 Å². The third-order valence-electron chi connectivity index (χ3n) is 4.03. The molecule has 1 aromatic rings. The number of hydrogen-bond donors (Lipinski definition) is 0. The van der Waals surface area contributed by atoms with Crippen molar-refractivity contribution in [2.45, 2.75) is 40.4 Å². The van der Waals surface area contributed by atoms with Gasteiger partial charge in [0.15, 0.2) is 0 Å². The second-order valence-corrected chi connectivity index (χ2v) is 15.8. The van der Waals surface area contributed by atoms with Crippen LogP contribution >= 0.6 is 63.7 Å². The summed E-state index contributed by atoms with van der Waals surface area (Å²) < 4.78 is 4.25. The summed E-state index contributed by atoms with van der Waals surface area (Å²) in [5.74, 6) is 1.21. The highest BCUT2D eigenvalue weighted by Crippen LogP contribution is 2.44. The molecule has 0 nitrogen and oxygen atoms in total. The summed E-state index contributed by atoms with van der Waals surface area (Å²) in [6.45, 7) is 13.3. The highest BCUT2D eigenvalue weighted by Gasteiger charge is 2.33. The highest BCUT2D eigenvalue weighted by atomic mass is 79.9. The zero-order valence-electron chi connectivity index (χ0n) is 15.7. The Morgan fingerprint density at radius 1 is 0.923 bits per heavy atom. The van der Waals surface area contributed by atoms with E-state index < -0.39 is 8.07 Å². The fourth-order valence-corrected chi connectivity index (χ4v) is 5.59. The van der Waals surface area contributed by atoms with E-state index >= 15 is 0 Å². The predicted octanol–water partition coefficient (Wildman–Crippen LogP) is 7.28. The largest absolute Gasteiger partial charge is 0.134 e. The Bertz CT molecular complexity index is 952. The van der Waals surface area contributed by atoms with Crippen LogP contribution in [0, 0.1) is 5.92 Å². The molecule has 0 saturated heterocycles. The fourth-order valence-electron chi connectivity index (χ4n) is 2.55. The van der Waals surface area contributed by atoms with Gasteiger partial charge in [-0.05, 0) is 75.9 Å². The van der Waals surface area contributed by atoms with E-state index in [2.05, 4.69) is 133 Å². The minimum absolute atomic E-state index is 1.00. The highest BCUT2D eigenvalue weighted by molar-refractivity contribution is 9.12. The lowest BCUT2D eigenvalue weighted by Crippen LogP contribution is -2.16. The predicted molar refractivity (Wildman–Crippen MR) is 132 cm³/mol. The molecule has 0 spiro atoms. The van der Waals surface area contributed by atoms with Crippen LogP contribution in [-0.4, -0.2) is 8.07 Å². The molecule has 0 bridgehead atoms. The number of halogens is 4. The lowest BCUT2D eigenvalue weighted by atomic mass is 9.89. The Labute approximate surface area is 191 Å². The van der Waals surface area contributed by atoms with Crippen LogP contribution in [0.2, 0.25) is 19.6 Å². The molecule has 0 fully saturated rings.